The summed E-state index contributed by atoms with van der Waals surface area (Å²) >= 11 is 0. The van der Waals surface area contributed by atoms with Crippen LogP contribution in [0.3, 0.4) is 0 Å². The number of allylic oxidation sites excluding steroid dienone is 14. The van der Waals surface area contributed by atoms with Crippen LogP contribution < -0.4 is 0 Å². The van der Waals surface area contributed by atoms with E-state index in [-0.39, 0.29) is 38.3 Å². The Morgan fingerprint density at radius 2 is 1.10 bits per heavy atom. The number of hydrogen-bond donors (Lipinski definition) is 1. The largest absolute Gasteiger partial charge is 0.472 e. The van der Waals surface area contributed by atoms with Gasteiger partial charge in [-0.2, -0.15) is 0 Å². The molecule has 0 bridgehead atoms. The first kappa shape index (κ1) is 55.9. The molecule has 0 aromatic rings. The lowest BCUT2D eigenvalue weighted by Gasteiger charge is -2.24. The van der Waals surface area contributed by atoms with Crippen molar-refractivity contribution in [3.8, 4) is 0 Å². The zero-order valence-corrected chi connectivity index (χ0v) is 39.4. The van der Waals surface area contributed by atoms with Crippen LogP contribution in [0.2, 0.25) is 0 Å². The fourth-order valence-electron chi connectivity index (χ4n) is 5.78. The third-order valence-electron chi connectivity index (χ3n) is 9.50. The van der Waals surface area contributed by atoms with Crippen molar-refractivity contribution >= 4 is 19.8 Å². The van der Waals surface area contributed by atoms with Gasteiger partial charge in [-0.05, 0) is 96.3 Å². The molecule has 346 valence electrons. The summed E-state index contributed by atoms with van der Waals surface area (Å²) in [5.74, 6) is -0.921. The second-order valence-corrected chi connectivity index (χ2v) is 17.9. The Kier molecular flexibility index (Phi) is 34.3. The Hall–Kier alpha value is -3.11. The Morgan fingerprint density at radius 1 is 0.607 bits per heavy atom. The van der Waals surface area contributed by atoms with E-state index in [2.05, 4.69) is 111 Å². The van der Waals surface area contributed by atoms with Gasteiger partial charge < -0.3 is 23.6 Å². The van der Waals surface area contributed by atoms with Gasteiger partial charge in [-0.15, -0.1) is 0 Å². The van der Waals surface area contributed by atoms with Gasteiger partial charge in [0.05, 0.1) is 40.0 Å². The maximum Gasteiger partial charge on any atom is 0.472 e. The third-order valence-corrected chi connectivity index (χ3v) is 10.5. The topological polar surface area (TPSA) is 121 Å². The predicted octanol–water partition coefficient (Wildman–Crippen LogP) is 12.3. The Balaban J connectivity index is 2.35. The van der Waals surface area contributed by atoms with Crippen LogP contribution in [0.25, 0.3) is 0 Å². The van der Waals surface area contributed by atoms with Crippen molar-refractivity contribution in [3.63, 3.8) is 0 Å². The second-order valence-electron chi connectivity index (χ2n) is 16.4. The van der Waals surface area contributed by atoms with Gasteiger partial charge in [0.15, 0.2) is 6.10 Å². The van der Waals surface area contributed by atoms with Crippen molar-refractivity contribution in [2.75, 3.05) is 47.5 Å². The number of hydrogen-bond acceptors (Lipinski definition) is 8. The summed E-state index contributed by atoms with van der Waals surface area (Å²) in [5, 5.41) is 0. The number of esters is 2. The molecule has 0 radical (unpaired) electrons. The van der Waals surface area contributed by atoms with Crippen LogP contribution in [0.15, 0.2) is 97.2 Å². The van der Waals surface area contributed by atoms with Crippen molar-refractivity contribution in [1.82, 2.24) is 0 Å². The van der Waals surface area contributed by atoms with Gasteiger partial charge in [0.2, 0.25) is 0 Å². The van der Waals surface area contributed by atoms with Crippen LogP contribution in [-0.2, 0) is 37.4 Å². The van der Waals surface area contributed by atoms with Crippen molar-refractivity contribution < 1.29 is 46.8 Å². The number of quaternary nitrogens is 1. The molecule has 1 N–H and O–H groups in total. The maximum atomic E-state index is 12.7. The highest BCUT2D eigenvalue weighted by atomic mass is 31.2. The summed E-state index contributed by atoms with van der Waals surface area (Å²) in [4.78, 5) is 35.5. The molecular weight excluding hydrogens is 790 g/mol. The molecule has 0 aliphatic carbocycles. The van der Waals surface area contributed by atoms with Crippen LogP contribution in [0.5, 0.6) is 0 Å². The number of epoxide rings is 1. The lowest BCUT2D eigenvalue weighted by atomic mass is 10.1. The van der Waals surface area contributed by atoms with E-state index in [1.54, 1.807) is 0 Å². The average molecular weight is 873 g/mol. The molecule has 0 saturated carbocycles. The predicted molar refractivity (Wildman–Crippen MR) is 251 cm³/mol. The Morgan fingerprint density at radius 3 is 1.67 bits per heavy atom. The molecule has 0 amide bonds. The van der Waals surface area contributed by atoms with Gasteiger partial charge in [0.25, 0.3) is 0 Å². The molecule has 0 aromatic heterocycles. The number of rotatable bonds is 39. The maximum absolute atomic E-state index is 12.7. The first-order valence-corrected chi connectivity index (χ1v) is 24.6. The number of ether oxygens (including phenoxy) is 3. The molecule has 0 spiro atoms. The summed E-state index contributed by atoms with van der Waals surface area (Å²) in [7, 11) is 1.40. The van der Waals surface area contributed by atoms with E-state index in [1.807, 2.05) is 21.1 Å². The summed E-state index contributed by atoms with van der Waals surface area (Å²) in [5.41, 5.74) is 0. The highest BCUT2D eigenvalue weighted by Gasteiger charge is 2.36. The Bertz CT molecular complexity index is 1420. The minimum absolute atomic E-state index is 0.00769. The average Bonchev–Trinajstić information content (AvgIpc) is 3.97. The summed E-state index contributed by atoms with van der Waals surface area (Å²) in [6.45, 7) is 4.13. The number of unbranched alkanes of at least 4 members (excludes halogenated alkanes) is 7. The lowest BCUT2D eigenvalue weighted by Crippen LogP contribution is -2.37. The molecule has 1 aliphatic heterocycles. The van der Waals surface area contributed by atoms with Crippen molar-refractivity contribution in [2.45, 2.75) is 161 Å². The SMILES string of the molecule is CC/C=C\C/C=C\C/C=C\C/C=C\C/C=C\CCCCCC(=O)O[C@H](COC(=O)CCC/C=C\CC1OC1C/C=C\C/C=C\CCCCC)COP(=O)(O)OCC[N+](C)(C)C. The lowest BCUT2D eigenvalue weighted by molar-refractivity contribution is -0.870. The normalized spacial score (nSPS) is 17.7. The Labute approximate surface area is 370 Å². The van der Waals surface area contributed by atoms with Crippen LogP contribution in [0, 0.1) is 0 Å². The summed E-state index contributed by atoms with van der Waals surface area (Å²) < 4.78 is 40.1. The van der Waals surface area contributed by atoms with Crippen LogP contribution in [-0.4, -0.2) is 87.1 Å². The molecule has 3 unspecified atom stereocenters. The number of phosphoric acid groups is 1. The second kappa shape index (κ2) is 37.4. The molecule has 4 atom stereocenters. The number of likely N-dealkylation sites (N-methyl/N-ethyl adjacent to an activating group) is 1. The third kappa shape index (κ3) is 38.3. The molecule has 0 aromatic carbocycles. The van der Waals surface area contributed by atoms with Crippen LogP contribution in [0.1, 0.15) is 142 Å². The van der Waals surface area contributed by atoms with Gasteiger partial charge in [-0.3, -0.25) is 18.6 Å². The number of carbonyl (C=O) groups excluding carboxylic acids is 2. The number of phosphoric ester groups is 1. The first-order chi connectivity index (χ1) is 29.5. The monoisotopic (exact) mass is 873 g/mol. The van der Waals surface area contributed by atoms with E-state index in [0.29, 0.717) is 23.9 Å². The van der Waals surface area contributed by atoms with E-state index in [9.17, 15) is 19.0 Å². The van der Waals surface area contributed by atoms with E-state index in [0.717, 1.165) is 83.5 Å². The number of nitrogens with zero attached hydrogens (tertiary/aromatic N) is 1. The molecule has 11 heteroatoms. The van der Waals surface area contributed by atoms with Crippen LogP contribution >= 0.6 is 7.82 Å². The minimum atomic E-state index is -4.41. The highest BCUT2D eigenvalue weighted by Crippen LogP contribution is 2.43. The zero-order valence-electron chi connectivity index (χ0n) is 38.5. The van der Waals surface area contributed by atoms with E-state index in [1.165, 1.54) is 19.3 Å². The van der Waals surface area contributed by atoms with Gasteiger partial charge in [0, 0.05) is 12.8 Å². The zero-order chi connectivity index (χ0) is 44.7. The van der Waals surface area contributed by atoms with E-state index in [4.69, 9.17) is 23.3 Å². The van der Waals surface area contributed by atoms with Crippen molar-refractivity contribution in [2.24, 2.45) is 0 Å². The van der Waals surface area contributed by atoms with E-state index < -0.39 is 32.5 Å². The molecule has 1 rings (SSSR count). The quantitative estimate of drug-likeness (QED) is 0.0161. The molecule has 10 nitrogen and oxygen atoms in total. The smallest absolute Gasteiger partial charge is 0.462 e. The molecule has 1 heterocycles. The molecule has 1 fully saturated rings. The first-order valence-electron chi connectivity index (χ1n) is 23.1. The minimum Gasteiger partial charge on any atom is -0.462 e. The van der Waals surface area contributed by atoms with E-state index >= 15 is 0 Å². The summed E-state index contributed by atoms with van der Waals surface area (Å²) in [6, 6.07) is 0. The number of carbonyl (C=O) groups is 2. The molecule has 61 heavy (non-hydrogen) atoms. The van der Waals surface area contributed by atoms with Crippen molar-refractivity contribution in [1.29, 1.82) is 0 Å². The van der Waals surface area contributed by atoms with Gasteiger partial charge in [-0.1, -0.05) is 130 Å². The fraction of sp³-hybridized carbons (Fsp3) is 0.640. The van der Waals surface area contributed by atoms with Crippen LogP contribution in [0.4, 0.5) is 0 Å². The molecular formula is C50H83NO9P+. The van der Waals surface area contributed by atoms with Crippen molar-refractivity contribution in [3.05, 3.63) is 97.2 Å². The van der Waals surface area contributed by atoms with Gasteiger partial charge in [0.1, 0.15) is 19.8 Å². The summed E-state index contributed by atoms with van der Waals surface area (Å²) in [6.07, 6.45) is 52.0. The molecule has 1 aliphatic rings. The van der Waals surface area contributed by atoms with Gasteiger partial charge in [-0.25, -0.2) is 4.57 Å². The fourth-order valence-corrected chi connectivity index (χ4v) is 6.52. The van der Waals surface area contributed by atoms with Gasteiger partial charge >= 0.3 is 19.8 Å². The highest BCUT2D eigenvalue weighted by molar-refractivity contribution is 7.47. The molecule has 1 saturated heterocycles. The standard InChI is InChI=1S/C50H82NO9P/c1-6-8-10-12-14-16-17-18-19-20-21-22-23-24-25-27-29-31-37-41-50(53)59-46(45-58-61(54,55)57-43-42-51(3,4)5)44-56-49(52)40-36-33-32-35-39-48-47(60-48)38-34-30-28-26-15-13-11-9-7-2/h8,10,14-16,18-19,21-22,24-26,30,32,34-35,46-48H,6-7,9,11-13,17,20,23,27-29,31,33,36-45H2,1-5H3/p+1/b10-8-,16-14-,19-18-,22-21-,25-24-,26-15-,34-30-,35-32-/t46-,47?,48?/m1/s1.